The Morgan fingerprint density at radius 1 is 1.15 bits per heavy atom. The lowest BCUT2D eigenvalue weighted by atomic mass is 9.96. The summed E-state index contributed by atoms with van der Waals surface area (Å²) in [5, 5.41) is 46.1. The number of nitrogens with one attached hydrogen (secondary N) is 2. The molecule has 2 heterocycles. The van der Waals surface area contributed by atoms with Gasteiger partial charge in [-0.2, -0.15) is 0 Å². The lowest BCUT2D eigenvalue weighted by molar-refractivity contribution is -0.271. The summed E-state index contributed by atoms with van der Waals surface area (Å²) in [6.07, 6.45) is -3.96. The van der Waals surface area contributed by atoms with Crippen molar-refractivity contribution in [3.63, 3.8) is 0 Å². The van der Waals surface area contributed by atoms with E-state index in [9.17, 15) is 20.1 Å². The summed E-state index contributed by atoms with van der Waals surface area (Å²) in [5.74, 6) is 0.254. The average Bonchev–Trinajstić information content (AvgIpc) is 3.41. The maximum Gasteiger partial charge on any atom is 0.217 e. The zero-order chi connectivity index (χ0) is 27.8. The Balaban J connectivity index is 1.37. The van der Waals surface area contributed by atoms with Crippen LogP contribution < -0.4 is 15.4 Å². The molecule has 0 aliphatic carbocycles. The second-order valence-electron chi connectivity index (χ2n) is 9.41. The van der Waals surface area contributed by atoms with Gasteiger partial charge in [0, 0.05) is 25.6 Å². The molecule has 1 aliphatic rings. The quantitative estimate of drug-likeness (QED) is 0.212. The highest BCUT2D eigenvalue weighted by Crippen LogP contribution is 2.25. The summed E-state index contributed by atoms with van der Waals surface area (Å²) in [6, 6.07) is 16.1. The fourth-order valence-corrected chi connectivity index (χ4v) is 4.34. The summed E-state index contributed by atoms with van der Waals surface area (Å²) in [7, 11) is 1.58. The fraction of sp³-hybridized carbons (Fsp3) is 0.444. The molecule has 0 radical (unpaired) electrons. The van der Waals surface area contributed by atoms with E-state index in [1.165, 1.54) is 11.6 Å². The molecule has 1 amide bonds. The molecule has 2 aromatic carbocycles. The third kappa shape index (κ3) is 7.82. The Labute approximate surface area is 226 Å². The minimum Gasteiger partial charge on any atom is -0.497 e. The van der Waals surface area contributed by atoms with E-state index in [1.807, 2.05) is 54.6 Å². The third-order valence-electron chi connectivity index (χ3n) is 6.35. The minimum atomic E-state index is -1.38. The molecule has 210 valence electrons. The molecule has 4 rings (SSSR count). The fourth-order valence-electron chi connectivity index (χ4n) is 4.34. The van der Waals surface area contributed by atoms with Crippen LogP contribution in [0.1, 0.15) is 12.5 Å². The van der Waals surface area contributed by atoms with Gasteiger partial charge in [0.05, 0.1) is 32.6 Å². The predicted molar refractivity (Wildman–Crippen MR) is 140 cm³/mol. The smallest absolute Gasteiger partial charge is 0.217 e. The minimum absolute atomic E-state index is 0.0586. The highest BCUT2D eigenvalue weighted by Gasteiger charge is 2.46. The highest BCUT2D eigenvalue weighted by molar-refractivity contribution is 5.73. The molecule has 3 aromatic rings. The van der Waals surface area contributed by atoms with Crippen molar-refractivity contribution in [1.82, 2.24) is 25.6 Å². The van der Waals surface area contributed by atoms with E-state index in [4.69, 9.17) is 14.2 Å². The van der Waals surface area contributed by atoms with Crippen molar-refractivity contribution in [2.24, 2.45) is 0 Å². The molecule has 0 saturated carbocycles. The number of hydrogen-bond donors (Lipinski definition) is 5. The Hall–Kier alpha value is -3.39. The number of benzene rings is 2. The van der Waals surface area contributed by atoms with Gasteiger partial charge in [0.15, 0.2) is 6.29 Å². The standard InChI is InChI=1S/C27H35N5O7/c1-17(33)29-24-26(36)25(35)23(15-32-14-22(30-31-32)19-9-6-10-21(11-19)37-2)39-27(24)38-16-20(34)13-28-12-18-7-4-3-5-8-18/h3-11,14,20,23-28,34-36H,12-13,15-16H2,1-2H3,(H,29,33). The van der Waals surface area contributed by atoms with Gasteiger partial charge in [0.2, 0.25) is 5.91 Å². The number of carbonyl (C=O) groups is 1. The zero-order valence-corrected chi connectivity index (χ0v) is 21.9. The number of aliphatic hydroxyl groups is 3. The van der Waals surface area contributed by atoms with Crippen LogP contribution in [-0.4, -0.2) is 93.2 Å². The number of amides is 1. The molecule has 0 bridgehead atoms. The van der Waals surface area contributed by atoms with Crippen molar-refractivity contribution in [3.8, 4) is 17.0 Å². The number of rotatable bonds is 12. The maximum atomic E-state index is 11.8. The lowest BCUT2D eigenvalue weighted by Gasteiger charge is -2.42. The molecule has 39 heavy (non-hydrogen) atoms. The molecular formula is C27H35N5O7. The topological polar surface area (TPSA) is 160 Å². The van der Waals surface area contributed by atoms with E-state index in [2.05, 4.69) is 20.9 Å². The van der Waals surface area contributed by atoms with Crippen molar-refractivity contribution in [3.05, 3.63) is 66.4 Å². The SMILES string of the molecule is COc1cccc(-c2cn(CC3OC(OCC(O)CNCc4ccccc4)C(NC(C)=O)C(O)C3O)nn2)c1. The first-order valence-corrected chi connectivity index (χ1v) is 12.7. The molecule has 0 spiro atoms. The van der Waals surface area contributed by atoms with Gasteiger partial charge in [0.25, 0.3) is 0 Å². The number of methoxy groups -OCH3 is 1. The van der Waals surface area contributed by atoms with Gasteiger partial charge in [-0.05, 0) is 17.7 Å². The second kappa shape index (κ2) is 13.6. The highest BCUT2D eigenvalue weighted by atomic mass is 16.7. The largest absolute Gasteiger partial charge is 0.497 e. The van der Waals surface area contributed by atoms with Gasteiger partial charge in [0.1, 0.15) is 35.8 Å². The lowest BCUT2D eigenvalue weighted by Crippen LogP contribution is -2.64. The van der Waals surface area contributed by atoms with Crippen LogP contribution >= 0.6 is 0 Å². The Morgan fingerprint density at radius 3 is 2.69 bits per heavy atom. The summed E-state index contributed by atoms with van der Waals surface area (Å²) in [6.45, 7) is 2.06. The van der Waals surface area contributed by atoms with E-state index < -0.39 is 42.7 Å². The molecule has 12 heteroatoms. The van der Waals surface area contributed by atoms with Crippen molar-refractivity contribution < 1.29 is 34.3 Å². The van der Waals surface area contributed by atoms with Gasteiger partial charge in [-0.15, -0.1) is 5.10 Å². The first-order valence-electron chi connectivity index (χ1n) is 12.7. The second-order valence-corrected chi connectivity index (χ2v) is 9.41. The van der Waals surface area contributed by atoms with Gasteiger partial charge < -0.3 is 40.2 Å². The number of aromatic nitrogens is 3. The molecule has 1 aromatic heterocycles. The third-order valence-corrected chi connectivity index (χ3v) is 6.35. The average molecular weight is 542 g/mol. The van der Waals surface area contributed by atoms with Crippen molar-refractivity contribution in [1.29, 1.82) is 0 Å². The summed E-state index contributed by atoms with van der Waals surface area (Å²) < 4.78 is 18.5. The number of nitrogens with zero attached hydrogens (tertiary/aromatic N) is 3. The molecule has 1 saturated heterocycles. The van der Waals surface area contributed by atoms with E-state index >= 15 is 0 Å². The predicted octanol–water partition coefficient (Wildman–Crippen LogP) is 0.0724. The number of hydrogen-bond acceptors (Lipinski definition) is 10. The van der Waals surface area contributed by atoms with Crippen LogP contribution in [-0.2, 0) is 27.4 Å². The molecule has 5 N–H and O–H groups in total. The zero-order valence-electron chi connectivity index (χ0n) is 21.9. The van der Waals surface area contributed by atoms with E-state index in [0.29, 0.717) is 18.0 Å². The molecule has 6 atom stereocenters. The number of carbonyl (C=O) groups excluding carboxylic acids is 1. The monoisotopic (exact) mass is 541 g/mol. The Morgan fingerprint density at radius 2 is 1.95 bits per heavy atom. The number of aliphatic hydroxyl groups excluding tert-OH is 3. The van der Waals surface area contributed by atoms with Crippen LogP contribution in [0.15, 0.2) is 60.8 Å². The maximum absolute atomic E-state index is 11.8. The van der Waals surface area contributed by atoms with Gasteiger partial charge >= 0.3 is 0 Å². The van der Waals surface area contributed by atoms with Crippen molar-refractivity contribution >= 4 is 5.91 Å². The van der Waals surface area contributed by atoms with Crippen LogP contribution in [0.25, 0.3) is 11.3 Å². The van der Waals surface area contributed by atoms with Crippen LogP contribution in [0.3, 0.4) is 0 Å². The van der Waals surface area contributed by atoms with Gasteiger partial charge in [-0.25, -0.2) is 4.68 Å². The van der Waals surface area contributed by atoms with Crippen LogP contribution in [0.5, 0.6) is 5.75 Å². The van der Waals surface area contributed by atoms with Crippen molar-refractivity contribution in [2.75, 3.05) is 20.3 Å². The first kappa shape index (κ1) is 28.6. The molecule has 12 nitrogen and oxygen atoms in total. The Bertz CT molecular complexity index is 1190. The first-order chi connectivity index (χ1) is 18.8. The van der Waals surface area contributed by atoms with Crippen LogP contribution in [0.4, 0.5) is 0 Å². The van der Waals surface area contributed by atoms with E-state index in [1.54, 1.807) is 13.3 Å². The number of ether oxygens (including phenoxy) is 3. The molecule has 1 aliphatic heterocycles. The molecule has 1 fully saturated rings. The van der Waals surface area contributed by atoms with Crippen LogP contribution in [0, 0.1) is 0 Å². The molecule has 6 unspecified atom stereocenters. The van der Waals surface area contributed by atoms with Gasteiger partial charge in [-0.1, -0.05) is 47.7 Å². The summed E-state index contributed by atoms with van der Waals surface area (Å²) >= 11 is 0. The summed E-state index contributed by atoms with van der Waals surface area (Å²) in [5.41, 5.74) is 2.47. The summed E-state index contributed by atoms with van der Waals surface area (Å²) in [4.78, 5) is 11.8. The van der Waals surface area contributed by atoms with E-state index in [-0.39, 0.29) is 19.7 Å². The van der Waals surface area contributed by atoms with Gasteiger partial charge in [-0.3, -0.25) is 4.79 Å². The van der Waals surface area contributed by atoms with E-state index in [0.717, 1.165) is 11.1 Å². The normalized spacial score (nSPS) is 23.8. The Kier molecular flexibility index (Phi) is 9.98. The van der Waals surface area contributed by atoms with Crippen LogP contribution in [0.2, 0.25) is 0 Å². The van der Waals surface area contributed by atoms with Crippen molar-refractivity contribution in [2.45, 2.75) is 56.8 Å². The molecular weight excluding hydrogens is 506 g/mol.